The maximum Gasteiger partial charge on any atom is 0.241 e. The normalized spacial score (nSPS) is 21.6. The van der Waals surface area contributed by atoms with E-state index < -0.39 is 0 Å². The van der Waals surface area contributed by atoms with Gasteiger partial charge in [-0.25, -0.2) is 0 Å². The molecule has 0 bridgehead atoms. The summed E-state index contributed by atoms with van der Waals surface area (Å²) < 4.78 is 5.82. The van der Waals surface area contributed by atoms with E-state index in [9.17, 15) is 4.79 Å². The zero-order valence-electron chi connectivity index (χ0n) is 14.9. The Morgan fingerprint density at radius 1 is 1.24 bits per heavy atom. The van der Waals surface area contributed by atoms with Gasteiger partial charge in [-0.15, -0.1) is 12.4 Å². The van der Waals surface area contributed by atoms with Crippen LogP contribution < -0.4 is 15.4 Å². The van der Waals surface area contributed by atoms with Crippen molar-refractivity contribution in [2.24, 2.45) is 0 Å². The van der Waals surface area contributed by atoms with Crippen LogP contribution >= 0.6 is 12.4 Å². The molecule has 2 N–H and O–H groups in total. The molecule has 2 aliphatic heterocycles. The number of likely N-dealkylation sites (N-methyl/N-ethyl adjacent to an activating group) is 1. The molecular weight excluding hydrogens is 340 g/mol. The predicted octanol–water partition coefficient (Wildman–Crippen LogP) is 1.43. The summed E-state index contributed by atoms with van der Waals surface area (Å²) in [4.78, 5) is 16.8. The molecule has 0 spiro atoms. The van der Waals surface area contributed by atoms with Crippen molar-refractivity contribution >= 4 is 24.0 Å². The topological polar surface area (TPSA) is 56.8 Å². The van der Waals surface area contributed by atoms with Gasteiger partial charge in [-0.1, -0.05) is 0 Å². The summed E-state index contributed by atoms with van der Waals surface area (Å²) in [6.07, 6.45) is 1.98. The molecule has 1 atom stereocenters. The van der Waals surface area contributed by atoms with Gasteiger partial charge in [-0.05, 0) is 50.7 Å². The number of carbonyl (C=O) groups is 1. The highest BCUT2D eigenvalue weighted by molar-refractivity contribution is 5.95. The molecule has 2 saturated heterocycles. The predicted molar refractivity (Wildman–Crippen MR) is 103 cm³/mol. The molecule has 3 rings (SSSR count). The number of ether oxygens (including phenoxy) is 1. The largest absolute Gasteiger partial charge is 0.492 e. The third-order valence-electron chi connectivity index (χ3n) is 4.77. The number of halogens is 1. The molecule has 140 valence electrons. The van der Waals surface area contributed by atoms with E-state index in [1.807, 2.05) is 24.3 Å². The lowest BCUT2D eigenvalue weighted by molar-refractivity contribution is -0.117. The van der Waals surface area contributed by atoms with Gasteiger partial charge in [0.2, 0.25) is 5.91 Å². The number of nitrogens with one attached hydrogen (secondary N) is 2. The lowest BCUT2D eigenvalue weighted by Gasteiger charge is -2.32. The molecule has 2 heterocycles. The Morgan fingerprint density at radius 2 is 1.96 bits per heavy atom. The van der Waals surface area contributed by atoms with Crippen molar-refractivity contribution in [2.75, 3.05) is 58.2 Å². The van der Waals surface area contributed by atoms with E-state index in [1.165, 1.54) is 0 Å². The summed E-state index contributed by atoms with van der Waals surface area (Å²) in [5.74, 6) is 0.900. The maximum atomic E-state index is 12.1. The molecule has 1 amide bonds. The van der Waals surface area contributed by atoms with Crippen molar-refractivity contribution in [3.05, 3.63) is 24.3 Å². The van der Waals surface area contributed by atoms with Crippen LogP contribution in [0, 0.1) is 0 Å². The van der Waals surface area contributed by atoms with Crippen LogP contribution in [0.1, 0.15) is 12.8 Å². The summed E-state index contributed by atoms with van der Waals surface area (Å²) in [6.45, 7) is 7.06. The summed E-state index contributed by atoms with van der Waals surface area (Å²) in [6, 6.07) is 7.59. The molecule has 0 aliphatic carbocycles. The minimum atomic E-state index is -0.0514. The average molecular weight is 369 g/mol. The number of rotatable bonds is 6. The van der Waals surface area contributed by atoms with Gasteiger partial charge in [0.25, 0.3) is 0 Å². The molecule has 0 unspecified atom stereocenters. The Morgan fingerprint density at radius 3 is 2.60 bits per heavy atom. The van der Waals surface area contributed by atoms with Crippen molar-refractivity contribution in [2.45, 2.75) is 18.9 Å². The summed E-state index contributed by atoms with van der Waals surface area (Å²) >= 11 is 0. The Balaban J connectivity index is 0.00000225. The second-order valence-corrected chi connectivity index (χ2v) is 6.66. The van der Waals surface area contributed by atoms with E-state index in [4.69, 9.17) is 4.74 Å². The number of carbonyl (C=O) groups excluding carboxylic acids is 1. The first kappa shape index (κ1) is 20.0. The van der Waals surface area contributed by atoms with Gasteiger partial charge in [0.05, 0.1) is 6.04 Å². The summed E-state index contributed by atoms with van der Waals surface area (Å²) in [7, 11) is 2.16. The van der Waals surface area contributed by atoms with E-state index in [-0.39, 0.29) is 24.4 Å². The molecule has 6 nitrogen and oxygen atoms in total. The van der Waals surface area contributed by atoms with Crippen LogP contribution in [-0.2, 0) is 4.79 Å². The standard InChI is InChI=1S/C18H28N4O2.ClH/c1-21-9-11-22(12-10-21)13-14-24-16-6-4-15(5-7-16)20-18(23)17-3-2-8-19-17;/h4-7,17,19H,2-3,8-14H2,1H3,(H,20,23);1H/t17-;/m0./s1. The van der Waals surface area contributed by atoms with Crippen LogP contribution in [0.15, 0.2) is 24.3 Å². The van der Waals surface area contributed by atoms with Gasteiger partial charge in [0.1, 0.15) is 12.4 Å². The van der Waals surface area contributed by atoms with Crippen LogP contribution in [0.4, 0.5) is 5.69 Å². The third-order valence-corrected chi connectivity index (χ3v) is 4.77. The number of piperazine rings is 1. The lowest BCUT2D eigenvalue weighted by Crippen LogP contribution is -2.45. The highest BCUT2D eigenvalue weighted by atomic mass is 35.5. The molecule has 7 heteroatoms. The van der Waals surface area contributed by atoms with E-state index in [0.29, 0.717) is 6.61 Å². The fraction of sp³-hybridized carbons (Fsp3) is 0.611. The smallest absolute Gasteiger partial charge is 0.241 e. The first-order chi connectivity index (χ1) is 11.7. The number of benzene rings is 1. The maximum absolute atomic E-state index is 12.1. The zero-order chi connectivity index (χ0) is 16.8. The van der Waals surface area contributed by atoms with Crippen molar-refractivity contribution < 1.29 is 9.53 Å². The van der Waals surface area contributed by atoms with Crippen LogP contribution in [0.25, 0.3) is 0 Å². The second kappa shape index (κ2) is 9.97. The Kier molecular flexibility index (Phi) is 7.96. The quantitative estimate of drug-likeness (QED) is 0.795. The first-order valence-corrected chi connectivity index (χ1v) is 8.89. The SMILES string of the molecule is CN1CCN(CCOc2ccc(NC(=O)[C@@H]3CCCN3)cc2)CC1.Cl. The summed E-state index contributed by atoms with van der Waals surface area (Å²) in [5, 5.41) is 6.16. The van der Waals surface area contributed by atoms with Crippen LogP contribution in [-0.4, -0.2) is 74.7 Å². The third kappa shape index (κ3) is 6.15. The van der Waals surface area contributed by atoms with Gasteiger partial charge < -0.3 is 20.3 Å². The van der Waals surface area contributed by atoms with Crippen LogP contribution in [0.2, 0.25) is 0 Å². The minimum Gasteiger partial charge on any atom is -0.492 e. The fourth-order valence-corrected chi connectivity index (χ4v) is 3.14. The molecule has 1 aromatic rings. The molecule has 0 radical (unpaired) electrons. The van der Waals surface area contributed by atoms with E-state index in [0.717, 1.165) is 63.5 Å². The molecule has 1 aromatic carbocycles. The monoisotopic (exact) mass is 368 g/mol. The van der Waals surface area contributed by atoms with Gasteiger partial charge in [0.15, 0.2) is 0 Å². The molecule has 2 fully saturated rings. The number of hydrogen-bond acceptors (Lipinski definition) is 5. The van der Waals surface area contributed by atoms with E-state index in [2.05, 4.69) is 27.5 Å². The van der Waals surface area contributed by atoms with Crippen molar-refractivity contribution in [3.63, 3.8) is 0 Å². The van der Waals surface area contributed by atoms with Crippen molar-refractivity contribution in [1.82, 2.24) is 15.1 Å². The minimum absolute atomic E-state index is 0. The van der Waals surface area contributed by atoms with Crippen molar-refractivity contribution in [1.29, 1.82) is 0 Å². The first-order valence-electron chi connectivity index (χ1n) is 8.89. The van der Waals surface area contributed by atoms with Gasteiger partial charge in [0, 0.05) is 38.4 Å². The Labute approximate surface area is 156 Å². The highest BCUT2D eigenvalue weighted by Crippen LogP contribution is 2.17. The molecule has 0 aromatic heterocycles. The number of anilines is 1. The highest BCUT2D eigenvalue weighted by Gasteiger charge is 2.21. The van der Waals surface area contributed by atoms with E-state index in [1.54, 1.807) is 0 Å². The fourth-order valence-electron chi connectivity index (χ4n) is 3.14. The van der Waals surface area contributed by atoms with Crippen molar-refractivity contribution in [3.8, 4) is 5.75 Å². The molecule has 25 heavy (non-hydrogen) atoms. The molecule has 2 aliphatic rings. The van der Waals surface area contributed by atoms with Gasteiger partial charge >= 0.3 is 0 Å². The lowest BCUT2D eigenvalue weighted by atomic mass is 10.2. The van der Waals surface area contributed by atoms with Crippen LogP contribution in [0.3, 0.4) is 0 Å². The molecular formula is C18H29ClN4O2. The van der Waals surface area contributed by atoms with Crippen LogP contribution in [0.5, 0.6) is 5.75 Å². The Bertz CT molecular complexity index is 526. The molecule has 0 saturated carbocycles. The number of nitrogens with zero attached hydrogens (tertiary/aromatic N) is 2. The average Bonchev–Trinajstić information content (AvgIpc) is 3.13. The van der Waals surface area contributed by atoms with Gasteiger partial charge in [-0.2, -0.15) is 0 Å². The zero-order valence-corrected chi connectivity index (χ0v) is 15.7. The van der Waals surface area contributed by atoms with E-state index >= 15 is 0 Å². The number of amides is 1. The van der Waals surface area contributed by atoms with Gasteiger partial charge in [-0.3, -0.25) is 9.69 Å². The summed E-state index contributed by atoms with van der Waals surface area (Å²) in [5.41, 5.74) is 0.820. The Hall–Kier alpha value is -1.34. The second-order valence-electron chi connectivity index (χ2n) is 6.66. The number of hydrogen-bond donors (Lipinski definition) is 2.